The summed E-state index contributed by atoms with van der Waals surface area (Å²) < 4.78 is 10.3. The van der Waals surface area contributed by atoms with Crippen molar-refractivity contribution < 1.29 is 19.1 Å². The van der Waals surface area contributed by atoms with Crippen LogP contribution in [-0.2, 0) is 20.7 Å². The molecule has 0 aromatic heterocycles. The number of esters is 1. The summed E-state index contributed by atoms with van der Waals surface area (Å²) in [6, 6.07) is 18.9. The molecule has 2 aromatic carbocycles. The predicted octanol–water partition coefficient (Wildman–Crippen LogP) is 3.20. The zero-order valence-electron chi connectivity index (χ0n) is 12.9. The summed E-state index contributed by atoms with van der Waals surface area (Å²) in [5.41, 5.74) is 1.13. The number of ketones is 1. The summed E-state index contributed by atoms with van der Waals surface area (Å²) >= 11 is 0. The fourth-order valence-electron chi connectivity index (χ4n) is 2.03. The molecule has 0 saturated carbocycles. The van der Waals surface area contributed by atoms with Crippen LogP contribution in [0.25, 0.3) is 0 Å². The van der Waals surface area contributed by atoms with Gasteiger partial charge in [-0.1, -0.05) is 48.5 Å². The zero-order valence-corrected chi connectivity index (χ0v) is 12.9. The van der Waals surface area contributed by atoms with Crippen LogP contribution in [0.2, 0.25) is 0 Å². The van der Waals surface area contributed by atoms with E-state index in [-0.39, 0.29) is 25.4 Å². The number of aryl methyl sites for hydroxylation is 1. The molecule has 0 heterocycles. The van der Waals surface area contributed by atoms with Gasteiger partial charge in [0.2, 0.25) is 0 Å². The maximum absolute atomic E-state index is 11.8. The number of Topliss-reactive ketones (excluding diaryl/α,β-unsaturated/α-hetero) is 1. The summed E-state index contributed by atoms with van der Waals surface area (Å²) in [6.45, 7) is -0.0488. The van der Waals surface area contributed by atoms with Crippen molar-refractivity contribution in [3.05, 3.63) is 66.2 Å². The number of hydrogen-bond donors (Lipinski definition) is 0. The van der Waals surface area contributed by atoms with Crippen LogP contribution in [0.4, 0.5) is 0 Å². The number of carbonyl (C=O) groups is 2. The van der Waals surface area contributed by atoms with Gasteiger partial charge in [0.1, 0.15) is 11.5 Å². The zero-order chi connectivity index (χ0) is 16.3. The Labute approximate surface area is 136 Å². The number of hydrogen-bond acceptors (Lipinski definition) is 4. The van der Waals surface area contributed by atoms with E-state index in [1.54, 1.807) is 12.1 Å². The fraction of sp³-hybridized carbons (Fsp3) is 0.263. The normalized spacial score (nSPS) is 10.1. The van der Waals surface area contributed by atoms with E-state index in [4.69, 9.17) is 9.47 Å². The van der Waals surface area contributed by atoms with E-state index in [9.17, 15) is 9.59 Å². The average molecular weight is 312 g/mol. The molecule has 0 N–H and O–H groups in total. The highest BCUT2D eigenvalue weighted by Gasteiger charge is 2.07. The Morgan fingerprint density at radius 1 is 0.826 bits per heavy atom. The Bertz CT molecular complexity index is 552. The first-order chi connectivity index (χ1) is 11.2. The molecule has 120 valence electrons. The van der Waals surface area contributed by atoms with Crippen molar-refractivity contribution in [3.8, 4) is 5.75 Å². The van der Waals surface area contributed by atoms with Gasteiger partial charge in [0.05, 0.1) is 6.61 Å². The van der Waals surface area contributed by atoms with E-state index in [2.05, 4.69) is 0 Å². The molecule has 0 aliphatic carbocycles. The lowest BCUT2D eigenvalue weighted by Gasteiger charge is -2.06. The third-order valence-corrected chi connectivity index (χ3v) is 3.28. The maximum Gasteiger partial charge on any atom is 0.344 e. The topological polar surface area (TPSA) is 52.6 Å². The molecule has 23 heavy (non-hydrogen) atoms. The highest BCUT2D eigenvalue weighted by molar-refractivity contribution is 5.79. The van der Waals surface area contributed by atoms with Gasteiger partial charge in [-0.3, -0.25) is 4.79 Å². The van der Waals surface area contributed by atoms with Gasteiger partial charge in [-0.05, 0) is 24.1 Å². The Hall–Kier alpha value is -2.62. The molecule has 0 aliphatic heterocycles. The molecular formula is C19H20O4. The highest BCUT2D eigenvalue weighted by Crippen LogP contribution is 2.08. The smallest absolute Gasteiger partial charge is 0.344 e. The minimum atomic E-state index is -0.468. The lowest BCUT2D eigenvalue weighted by molar-refractivity contribution is -0.146. The molecule has 0 atom stereocenters. The SMILES string of the molecule is O=C(CCOC(=O)COc1ccccc1)CCc1ccccc1. The maximum atomic E-state index is 11.8. The van der Waals surface area contributed by atoms with Gasteiger partial charge >= 0.3 is 5.97 Å². The molecule has 0 bridgehead atoms. The molecule has 0 fully saturated rings. The predicted molar refractivity (Wildman–Crippen MR) is 87.3 cm³/mol. The van der Waals surface area contributed by atoms with E-state index in [1.807, 2.05) is 48.5 Å². The molecule has 0 radical (unpaired) electrons. The van der Waals surface area contributed by atoms with Crippen molar-refractivity contribution in [2.45, 2.75) is 19.3 Å². The van der Waals surface area contributed by atoms with E-state index in [1.165, 1.54) is 0 Å². The number of benzene rings is 2. The van der Waals surface area contributed by atoms with Gasteiger partial charge in [-0.15, -0.1) is 0 Å². The molecule has 0 aliphatic rings. The first kappa shape index (κ1) is 16.7. The summed E-state index contributed by atoms with van der Waals surface area (Å²) in [5.74, 6) is 0.235. The van der Waals surface area contributed by atoms with Crippen LogP contribution in [0.1, 0.15) is 18.4 Å². The van der Waals surface area contributed by atoms with Gasteiger partial charge in [-0.25, -0.2) is 4.79 Å². The molecule has 0 unspecified atom stereocenters. The van der Waals surface area contributed by atoms with E-state index in [0.29, 0.717) is 18.6 Å². The van der Waals surface area contributed by atoms with Crippen molar-refractivity contribution in [1.29, 1.82) is 0 Å². The van der Waals surface area contributed by atoms with Crippen molar-refractivity contribution >= 4 is 11.8 Å². The van der Waals surface area contributed by atoms with E-state index < -0.39 is 5.97 Å². The summed E-state index contributed by atoms with van der Waals surface area (Å²) in [5, 5.41) is 0. The Balaban J connectivity index is 1.57. The van der Waals surface area contributed by atoms with Gasteiger partial charge < -0.3 is 9.47 Å². The van der Waals surface area contributed by atoms with Crippen molar-refractivity contribution in [2.24, 2.45) is 0 Å². The quantitative estimate of drug-likeness (QED) is 0.667. The number of carbonyl (C=O) groups excluding carboxylic acids is 2. The molecule has 4 heteroatoms. The van der Waals surface area contributed by atoms with Crippen LogP contribution in [-0.4, -0.2) is 25.0 Å². The minimum Gasteiger partial charge on any atom is -0.482 e. The highest BCUT2D eigenvalue weighted by atomic mass is 16.6. The van der Waals surface area contributed by atoms with Crippen LogP contribution in [0.3, 0.4) is 0 Å². The Morgan fingerprint density at radius 3 is 2.17 bits per heavy atom. The Morgan fingerprint density at radius 2 is 1.48 bits per heavy atom. The van der Waals surface area contributed by atoms with E-state index in [0.717, 1.165) is 5.56 Å². The van der Waals surface area contributed by atoms with Crippen molar-refractivity contribution in [1.82, 2.24) is 0 Å². The summed E-state index contributed by atoms with van der Waals surface area (Å²) in [4.78, 5) is 23.3. The molecular weight excluding hydrogens is 292 g/mol. The Kier molecular flexibility index (Phi) is 6.85. The van der Waals surface area contributed by atoms with Crippen LogP contribution in [0.15, 0.2) is 60.7 Å². The van der Waals surface area contributed by atoms with Gasteiger partial charge in [0, 0.05) is 12.8 Å². The second-order valence-electron chi connectivity index (χ2n) is 5.10. The average Bonchev–Trinajstić information content (AvgIpc) is 2.60. The number of ether oxygens (including phenoxy) is 2. The lowest BCUT2D eigenvalue weighted by atomic mass is 10.1. The number of rotatable bonds is 9. The van der Waals surface area contributed by atoms with Crippen molar-refractivity contribution in [3.63, 3.8) is 0 Å². The van der Waals surface area contributed by atoms with Gasteiger partial charge in [0.25, 0.3) is 0 Å². The monoisotopic (exact) mass is 312 g/mol. The molecule has 4 nitrogen and oxygen atoms in total. The standard InChI is InChI=1S/C19H20O4/c20-17(12-11-16-7-3-1-4-8-16)13-14-22-19(21)15-23-18-9-5-2-6-10-18/h1-10H,11-15H2. The fourth-order valence-corrected chi connectivity index (χ4v) is 2.03. The molecule has 0 saturated heterocycles. The summed E-state index contributed by atoms with van der Waals surface area (Å²) in [6.07, 6.45) is 1.41. The number of para-hydroxylation sites is 1. The van der Waals surface area contributed by atoms with Gasteiger partial charge in [0.15, 0.2) is 6.61 Å². The lowest BCUT2D eigenvalue weighted by Crippen LogP contribution is -2.17. The largest absolute Gasteiger partial charge is 0.482 e. The van der Waals surface area contributed by atoms with Crippen molar-refractivity contribution in [2.75, 3.05) is 13.2 Å². The first-order valence-corrected chi connectivity index (χ1v) is 7.63. The van der Waals surface area contributed by atoms with Crippen LogP contribution in [0.5, 0.6) is 5.75 Å². The minimum absolute atomic E-state index is 0.0885. The third kappa shape index (κ3) is 6.78. The third-order valence-electron chi connectivity index (χ3n) is 3.28. The molecule has 2 rings (SSSR count). The molecule has 2 aromatic rings. The van der Waals surface area contributed by atoms with Crippen LogP contribution in [0, 0.1) is 0 Å². The second kappa shape index (κ2) is 9.41. The molecule has 0 spiro atoms. The summed E-state index contributed by atoms with van der Waals surface area (Å²) in [7, 11) is 0. The van der Waals surface area contributed by atoms with E-state index >= 15 is 0 Å². The second-order valence-corrected chi connectivity index (χ2v) is 5.10. The van der Waals surface area contributed by atoms with Gasteiger partial charge in [-0.2, -0.15) is 0 Å². The van der Waals surface area contributed by atoms with Crippen LogP contribution >= 0.6 is 0 Å². The first-order valence-electron chi connectivity index (χ1n) is 7.63. The molecule has 0 amide bonds. The van der Waals surface area contributed by atoms with Crippen LogP contribution < -0.4 is 4.74 Å².